The number of hydrogen-bond donors (Lipinski definition) is 1. The Hall–Kier alpha value is -2.05. The van der Waals surface area contributed by atoms with E-state index in [1.807, 2.05) is 6.07 Å². The summed E-state index contributed by atoms with van der Waals surface area (Å²) >= 11 is 0. The van der Waals surface area contributed by atoms with Gasteiger partial charge < -0.3 is 19.5 Å². The molecule has 6 nitrogen and oxygen atoms in total. The lowest BCUT2D eigenvalue weighted by Gasteiger charge is -2.26. The molecule has 1 aliphatic carbocycles. The quantitative estimate of drug-likeness (QED) is 0.684. The molecule has 0 atom stereocenters. The number of rotatable bonds is 8. The van der Waals surface area contributed by atoms with Gasteiger partial charge in [-0.05, 0) is 51.2 Å². The molecule has 0 radical (unpaired) electrons. The summed E-state index contributed by atoms with van der Waals surface area (Å²) in [6.07, 6.45) is 4.31. The molecule has 1 fully saturated rings. The number of benzene rings is 1. The lowest BCUT2D eigenvalue weighted by Crippen LogP contribution is -2.37. The maximum absolute atomic E-state index is 6.12. The van der Waals surface area contributed by atoms with Gasteiger partial charge in [0, 0.05) is 48.5 Å². The fraction of sp³-hybridized carbons (Fsp3) is 0.609. The van der Waals surface area contributed by atoms with E-state index in [4.69, 9.17) is 19.2 Å². The fourth-order valence-electron chi connectivity index (χ4n) is 4.29. The number of pyridine rings is 1. The van der Waals surface area contributed by atoms with Crippen molar-refractivity contribution in [3.63, 3.8) is 0 Å². The standard InChI is InChI=1S/C23H33N3O3/c1-16(2)24-23-17-6-4-7-19(17)25-20-15-22(21(27-3)14-18(20)23)29-11-5-8-26-9-12-28-13-10-26/h14-16H,4-13H2,1-3H3,(H,24,25). The van der Waals surface area contributed by atoms with Crippen LogP contribution in [0.2, 0.25) is 0 Å². The van der Waals surface area contributed by atoms with Crippen molar-refractivity contribution in [1.29, 1.82) is 0 Å². The monoisotopic (exact) mass is 399 g/mol. The van der Waals surface area contributed by atoms with Gasteiger partial charge >= 0.3 is 0 Å². The molecule has 2 heterocycles. The van der Waals surface area contributed by atoms with Gasteiger partial charge in [0.1, 0.15) is 0 Å². The Bertz CT molecular complexity index is 847. The first-order valence-electron chi connectivity index (χ1n) is 10.9. The average Bonchev–Trinajstić information content (AvgIpc) is 3.19. The van der Waals surface area contributed by atoms with Crippen LogP contribution >= 0.6 is 0 Å². The summed E-state index contributed by atoms with van der Waals surface area (Å²) in [7, 11) is 1.71. The number of anilines is 1. The number of nitrogens with zero attached hydrogens (tertiary/aromatic N) is 2. The summed E-state index contributed by atoms with van der Waals surface area (Å²) in [5.74, 6) is 1.55. The molecular weight excluding hydrogens is 366 g/mol. The van der Waals surface area contributed by atoms with Gasteiger partial charge in [0.2, 0.25) is 0 Å². The van der Waals surface area contributed by atoms with Gasteiger partial charge in [-0.1, -0.05) is 0 Å². The number of methoxy groups -OCH3 is 1. The highest BCUT2D eigenvalue weighted by Gasteiger charge is 2.22. The summed E-state index contributed by atoms with van der Waals surface area (Å²) < 4.78 is 17.2. The molecule has 4 rings (SSSR count). The highest BCUT2D eigenvalue weighted by Crippen LogP contribution is 2.39. The van der Waals surface area contributed by atoms with Crippen molar-refractivity contribution in [2.75, 3.05) is 51.9 Å². The average molecular weight is 400 g/mol. The molecule has 0 amide bonds. The minimum Gasteiger partial charge on any atom is -0.493 e. The Morgan fingerprint density at radius 1 is 1.17 bits per heavy atom. The molecule has 0 spiro atoms. The zero-order valence-corrected chi connectivity index (χ0v) is 17.9. The third-order valence-corrected chi connectivity index (χ3v) is 5.71. The van der Waals surface area contributed by atoms with Gasteiger partial charge in [0.05, 0.1) is 32.4 Å². The SMILES string of the molecule is COc1cc2c(NC(C)C)c3c(nc2cc1OCCCN1CCOCC1)CCC3. The van der Waals surface area contributed by atoms with E-state index in [1.165, 1.54) is 23.4 Å². The normalized spacial score (nSPS) is 17.0. The first-order chi connectivity index (χ1) is 14.2. The molecule has 1 aliphatic heterocycles. The van der Waals surface area contributed by atoms with Gasteiger partial charge in [-0.15, -0.1) is 0 Å². The fourth-order valence-corrected chi connectivity index (χ4v) is 4.29. The van der Waals surface area contributed by atoms with Crippen molar-refractivity contribution in [3.8, 4) is 11.5 Å². The number of hydrogen-bond acceptors (Lipinski definition) is 6. The third-order valence-electron chi connectivity index (χ3n) is 5.71. The van der Waals surface area contributed by atoms with Crippen molar-refractivity contribution in [1.82, 2.24) is 9.88 Å². The summed E-state index contributed by atoms with van der Waals surface area (Å²) in [6, 6.07) is 4.50. The van der Waals surface area contributed by atoms with Crippen LogP contribution in [0.25, 0.3) is 10.9 Å². The second-order valence-corrected chi connectivity index (χ2v) is 8.24. The van der Waals surface area contributed by atoms with Crippen LogP contribution < -0.4 is 14.8 Å². The van der Waals surface area contributed by atoms with Gasteiger partial charge in [-0.25, -0.2) is 0 Å². The summed E-state index contributed by atoms with van der Waals surface area (Å²) in [4.78, 5) is 7.39. The van der Waals surface area contributed by atoms with Crippen LogP contribution in [0.3, 0.4) is 0 Å². The maximum Gasteiger partial charge on any atom is 0.163 e. The second kappa shape index (κ2) is 9.18. The van der Waals surface area contributed by atoms with E-state index in [-0.39, 0.29) is 0 Å². The number of aromatic nitrogens is 1. The molecule has 0 saturated carbocycles. The summed E-state index contributed by atoms with van der Waals surface area (Å²) in [5.41, 5.74) is 4.80. The smallest absolute Gasteiger partial charge is 0.163 e. The zero-order valence-electron chi connectivity index (χ0n) is 17.9. The van der Waals surface area contributed by atoms with Crippen LogP contribution in [0.4, 0.5) is 5.69 Å². The van der Waals surface area contributed by atoms with E-state index in [0.717, 1.165) is 74.5 Å². The minimum absolute atomic E-state index is 0.368. The highest BCUT2D eigenvalue weighted by atomic mass is 16.5. The van der Waals surface area contributed by atoms with Crippen LogP contribution in [0.15, 0.2) is 12.1 Å². The van der Waals surface area contributed by atoms with Crippen molar-refractivity contribution < 1.29 is 14.2 Å². The number of morpholine rings is 1. The predicted octanol–water partition coefficient (Wildman–Crippen LogP) is 3.65. The molecule has 6 heteroatoms. The topological polar surface area (TPSA) is 55.8 Å². The molecule has 0 bridgehead atoms. The maximum atomic E-state index is 6.12. The summed E-state index contributed by atoms with van der Waals surface area (Å²) in [5, 5.41) is 4.78. The van der Waals surface area contributed by atoms with Crippen molar-refractivity contribution in [2.24, 2.45) is 0 Å². The van der Waals surface area contributed by atoms with Gasteiger partial charge in [-0.2, -0.15) is 0 Å². The predicted molar refractivity (Wildman–Crippen MR) is 116 cm³/mol. The molecule has 1 N–H and O–H groups in total. The van der Waals surface area contributed by atoms with Crippen molar-refractivity contribution >= 4 is 16.6 Å². The Kier molecular flexibility index (Phi) is 6.40. The van der Waals surface area contributed by atoms with Crippen LogP contribution in [-0.4, -0.2) is 62.5 Å². The lowest BCUT2D eigenvalue weighted by atomic mass is 10.1. The van der Waals surface area contributed by atoms with Crippen LogP contribution in [0.5, 0.6) is 11.5 Å². The van der Waals surface area contributed by atoms with E-state index in [0.29, 0.717) is 12.6 Å². The first-order valence-corrected chi connectivity index (χ1v) is 10.9. The first kappa shape index (κ1) is 20.2. The van der Waals surface area contributed by atoms with Crippen molar-refractivity contribution in [3.05, 3.63) is 23.4 Å². The Labute approximate surface area is 173 Å². The molecule has 0 unspecified atom stereocenters. The van der Waals surface area contributed by atoms with Gasteiger partial charge in [0.15, 0.2) is 11.5 Å². The Morgan fingerprint density at radius 3 is 2.76 bits per heavy atom. The molecular formula is C23H33N3O3. The molecule has 2 aromatic rings. The number of aryl methyl sites for hydroxylation is 1. The zero-order chi connectivity index (χ0) is 20.2. The molecule has 1 saturated heterocycles. The van der Waals surface area contributed by atoms with E-state index in [1.54, 1.807) is 7.11 Å². The van der Waals surface area contributed by atoms with Crippen LogP contribution in [0.1, 0.15) is 37.9 Å². The molecule has 1 aromatic heterocycles. The van der Waals surface area contributed by atoms with Gasteiger partial charge in [-0.3, -0.25) is 9.88 Å². The van der Waals surface area contributed by atoms with E-state index in [9.17, 15) is 0 Å². The van der Waals surface area contributed by atoms with Gasteiger partial charge in [0.25, 0.3) is 0 Å². The molecule has 158 valence electrons. The van der Waals surface area contributed by atoms with E-state index < -0.39 is 0 Å². The second-order valence-electron chi connectivity index (χ2n) is 8.24. The largest absolute Gasteiger partial charge is 0.493 e. The minimum atomic E-state index is 0.368. The number of fused-ring (bicyclic) bond motifs is 2. The van der Waals surface area contributed by atoms with E-state index in [2.05, 4.69) is 30.1 Å². The number of ether oxygens (including phenoxy) is 3. The third kappa shape index (κ3) is 4.59. The number of nitrogens with one attached hydrogen (secondary N) is 1. The highest BCUT2D eigenvalue weighted by molar-refractivity contribution is 5.96. The Balaban J connectivity index is 1.54. The van der Waals surface area contributed by atoms with Crippen LogP contribution in [-0.2, 0) is 17.6 Å². The van der Waals surface area contributed by atoms with E-state index >= 15 is 0 Å². The molecule has 29 heavy (non-hydrogen) atoms. The lowest BCUT2D eigenvalue weighted by molar-refractivity contribution is 0.0357. The van der Waals surface area contributed by atoms with Crippen LogP contribution in [0, 0.1) is 0 Å². The Morgan fingerprint density at radius 2 is 2.00 bits per heavy atom. The summed E-state index contributed by atoms with van der Waals surface area (Å²) in [6.45, 7) is 9.76. The molecule has 2 aliphatic rings. The molecule has 1 aromatic carbocycles. The van der Waals surface area contributed by atoms with Crippen molar-refractivity contribution in [2.45, 2.75) is 45.6 Å².